The molecule has 0 rings (SSSR count). The van der Waals surface area contributed by atoms with Crippen LogP contribution in [0.1, 0.15) is 27.2 Å². The number of hydrogen-bond acceptors (Lipinski definition) is 3. The maximum Gasteiger partial charge on any atom is 0.330 e. The van der Waals surface area contributed by atoms with E-state index in [1.54, 1.807) is 6.92 Å². The molecule has 0 saturated heterocycles. The monoisotopic (exact) mass is 170 g/mol. The second-order valence-electron chi connectivity index (χ2n) is 3.16. The Hall–Kier alpha value is -1.19. The van der Waals surface area contributed by atoms with E-state index < -0.39 is 11.5 Å². The molecule has 4 nitrogen and oxygen atoms in total. The fraction of sp³-hybridized carbons (Fsp3) is 0.625. The Morgan fingerprint density at radius 2 is 2.17 bits per heavy atom. The summed E-state index contributed by atoms with van der Waals surface area (Å²) in [5.74, 6) is -0.957. The molecule has 0 aromatic carbocycles. The van der Waals surface area contributed by atoms with Crippen LogP contribution in [0, 0.1) is 5.41 Å². The van der Waals surface area contributed by atoms with E-state index >= 15 is 0 Å². The van der Waals surface area contributed by atoms with Gasteiger partial charge in [-0.2, -0.15) is 0 Å². The third-order valence-electron chi connectivity index (χ3n) is 1.33. The fourth-order valence-corrected chi connectivity index (χ4v) is 0.466. The summed E-state index contributed by atoms with van der Waals surface area (Å²) >= 11 is 0. The van der Waals surface area contributed by atoms with E-state index in [1.807, 2.05) is 0 Å². The van der Waals surface area contributed by atoms with E-state index in [9.17, 15) is 4.79 Å². The van der Waals surface area contributed by atoms with E-state index in [4.69, 9.17) is 10.5 Å². The Bertz CT molecular complexity index is 219. The van der Waals surface area contributed by atoms with Crippen molar-refractivity contribution in [1.29, 1.82) is 5.41 Å². The smallest absolute Gasteiger partial charge is 0.330 e. The predicted octanol–water partition coefficient (Wildman–Crippen LogP) is 1.35. The molecule has 0 aliphatic carbocycles. The van der Waals surface area contributed by atoms with Crippen molar-refractivity contribution < 1.29 is 9.90 Å². The lowest BCUT2D eigenvalue weighted by atomic mass is 10.1. The van der Waals surface area contributed by atoms with E-state index in [0.717, 1.165) is 0 Å². The Balaban J connectivity index is 4.14. The first-order chi connectivity index (χ1) is 5.36. The predicted molar refractivity (Wildman–Crippen MR) is 48.2 cm³/mol. The summed E-state index contributed by atoms with van der Waals surface area (Å²) in [5.41, 5.74) is -0.602. The number of nitrogens with zero attached hydrogens (tertiary/aromatic N) is 1. The molecule has 0 aromatic heterocycles. The normalized spacial score (nSPS) is 11.9. The molecule has 0 unspecified atom stereocenters. The number of aliphatic carboxylic acids is 1. The van der Waals surface area contributed by atoms with E-state index in [1.165, 1.54) is 20.1 Å². The molecule has 0 heterocycles. The van der Waals surface area contributed by atoms with Gasteiger partial charge in [-0.1, -0.05) is 0 Å². The summed E-state index contributed by atoms with van der Waals surface area (Å²) in [4.78, 5) is 14.4. The third kappa shape index (κ3) is 3.85. The molecule has 0 bridgehead atoms. The van der Waals surface area contributed by atoms with Crippen LogP contribution in [0.15, 0.2) is 4.99 Å². The molecule has 0 aromatic rings. The molecule has 0 atom stereocenters. The van der Waals surface area contributed by atoms with Crippen LogP contribution in [-0.4, -0.2) is 28.5 Å². The molecule has 0 aliphatic rings. The van der Waals surface area contributed by atoms with Gasteiger partial charge in [0.2, 0.25) is 0 Å². The number of hydrogen-bond donors (Lipinski definition) is 2. The minimum absolute atomic E-state index is 0.413. The van der Waals surface area contributed by atoms with Crippen molar-refractivity contribution in [1.82, 2.24) is 0 Å². The number of rotatable bonds is 4. The third-order valence-corrected chi connectivity index (χ3v) is 1.33. The number of carboxylic acids is 1. The van der Waals surface area contributed by atoms with Crippen molar-refractivity contribution in [3.05, 3.63) is 0 Å². The van der Waals surface area contributed by atoms with Crippen LogP contribution in [0.25, 0.3) is 0 Å². The molecule has 0 saturated carbocycles. The molecule has 0 spiro atoms. The maximum atomic E-state index is 10.5. The lowest BCUT2D eigenvalue weighted by molar-refractivity contribution is -0.141. The number of nitrogens with one attached hydrogen (secondary N) is 1. The van der Waals surface area contributed by atoms with Crippen LogP contribution in [0.3, 0.4) is 0 Å². The second-order valence-corrected chi connectivity index (χ2v) is 3.16. The lowest BCUT2D eigenvalue weighted by Gasteiger charge is -2.12. The average Bonchev–Trinajstić information content (AvgIpc) is 1.85. The van der Waals surface area contributed by atoms with Gasteiger partial charge in [0.05, 0.1) is 0 Å². The highest BCUT2D eigenvalue weighted by atomic mass is 16.4. The molecule has 2 N–H and O–H groups in total. The van der Waals surface area contributed by atoms with Crippen LogP contribution in [0.4, 0.5) is 0 Å². The molecule has 0 amide bonds. The molecule has 68 valence electrons. The van der Waals surface area contributed by atoms with Crippen molar-refractivity contribution in [3.63, 3.8) is 0 Å². The Labute approximate surface area is 71.8 Å². The number of carbonyl (C=O) groups is 1. The fourth-order valence-electron chi connectivity index (χ4n) is 0.466. The van der Waals surface area contributed by atoms with Crippen LogP contribution in [0.5, 0.6) is 0 Å². The van der Waals surface area contributed by atoms with Crippen LogP contribution in [0.2, 0.25) is 0 Å². The quantitative estimate of drug-likeness (QED) is 0.625. The van der Waals surface area contributed by atoms with Crippen molar-refractivity contribution >= 4 is 17.9 Å². The Kier molecular flexibility index (Phi) is 3.60. The largest absolute Gasteiger partial charge is 0.479 e. The van der Waals surface area contributed by atoms with Gasteiger partial charge in [0, 0.05) is 18.3 Å². The maximum absolute atomic E-state index is 10.5. The van der Waals surface area contributed by atoms with E-state index in [0.29, 0.717) is 12.1 Å². The Morgan fingerprint density at radius 3 is 2.50 bits per heavy atom. The second kappa shape index (κ2) is 3.99. The van der Waals surface area contributed by atoms with Gasteiger partial charge in [-0.3, -0.25) is 4.99 Å². The van der Waals surface area contributed by atoms with Gasteiger partial charge in [-0.25, -0.2) is 4.79 Å². The van der Waals surface area contributed by atoms with Gasteiger partial charge in [0.15, 0.2) is 5.54 Å². The summed E-state index contributed by atoms with van der Waals surface area (Å²) in [6.45, 7) is 4.69. The Morgan fingerprint density at radius 1 is 1.67 bits per heavy atom. The highest BCUT2D eigenvalue weighted by Crippen LogP contribution is 2.07. The molecular weight excluding hydrogens is 156 g/mol. The van der Waals surface area contributed by atoms with Gasteiger partial charge in [0.25, 0.3) is 0 Å². The van der Waals surface area contributed by atoms with Crippen molar-refractivity contribution in [2.45, 2.75) is 32.7 Å². The molecule has 12 heavy (non-hydrogen) atoms. The summed E-state index contributed by atoms with van der Waals surface area (Å²) in [6.07, 6.45) is 1.88. The van der Waals surface area contributed by atoms with Crippen LogP contribution in [-0.2, 0) is 4.79 Å². The minimum Gasteiger partial charge on any atom is -0.479 e. The van der Waals surface area contributed by atoms with Crippen LogP contribution < -0.4 is 0 Å². The molecule has 4 heteroatoms. The van der Waals surface area contributed by atoms with Gasteiger partial charge in [0.1, 0.15) is 0 Å². The summed E-state index contributed by atoms with van der Waals surface area (Å²) < 4.78 is 0. The zero-order valence-electron chi connectivity index (χ0n) is 7.59. The summed E-state index contributed by atoms with van der Waals surface area (Å²) in [7, 11) is 0. The molecule has 0 aliphatic heterocycles. The molecule has 0 fully saturated rings. The topological polar surface area (TPSA) is 73.5 Å². The first-order valence-electron chi connectivity index (χ1n) is 3.67. The molecular formula is C8H14N2O2. The first-order valence-corrected chi connectivity index (χ1v) is 3.67. The first kappa shape index (κ1) is 10.8. The van der Waals surface area contributed by atoms with Gasteiger partial charge in [-0.05, 0) is 20.8 Å². The van der Waals surface area contributed by atoms with E-state index in [-0.39, 0.29) is 0 Å². The van der Waals surface area contributed by atoms with Gasteiger partial charge in [-0.15, -0.1) is 0 Å². The standard InChI is InChI=1S/C8H14N2O2/c1-6(9)4-5-10-8(2,3)7(11)12/h5,9H,4H2,1-3H3,(H,11,12). The van der Waals surface area contributed by atoms with Crippen molar-refractivity contribution in [3.8, 4) is 0 Å². The summed E-state index contributed by atoms with van der Waals surface area (Å²) in [5, 5.41) is 15.7. The zero-order chi connectivity index (χ0) is 9.78. The highest BCUT2D eigenvalue weighted by molar-refractivity contribution is 5.92. The van der Waals surface area contributed by atoms with Gasteiger partial charge >= 0.3 is 5.97 Å². The number of carboxylic acid groups (broad SMARTS) is 1. The number of aliphatic imine (C=N–C) groups is 1. The van der Waals surface area contributed by atoms with Crippen molar-refractivity contribution in [2.24, 2.45) is 4.99 Å². The highest BCUT2D eigenvalue weighted by Gasteiger charge is 2.24. The average molecular weight is 170 g/mol. The lowest BCUT2D eigenvalue weighted by Crippen LogP contribution is -2.28. The SMILES string of the molecule is CC(=N)CC=NC(C)(C)C(=O)O. The van der Waals surface area contributed by atoms with Gasteiger partial charge < -0.3 is 10.5 Å². The van der Waals surface area contributed by atoms with Crippen LogP contribution >= 0.6 is 0 Å². The zero-order valence-corrected chi connectivity index (χ0v) is 7.59. The van der Waals surface area contributed by atoms with E-state index in [2.05, 4.69) is 4.99 Å². The summed E-state index contributed by atoms with van der Waals surface area (Å²) in [6, 6.07) is 0. The van der Waals surface area contributed by atoms with Crippen molar-refractivity contribution in [2.75, 3.05) is 0 Å². The molecule has 0 radical (unpaired) electrons. The minimum atomic E-state index is -1.07.